The average Bonchev–Trinajstić information content (AvgIpc) is 2.61. The molecule has 0 bridgehead atoms. The zero-order chi connectivity index (χ0) is 18.0. The van der Waals surface area contributed by atoms with Gasteiger partial charge in [0.25, 0.3) is 5.91 Å². The molecule has 1 aromatic carbocycles. The van der Waals surface area contributed by atoms with Gasteiger partial charge in [-0.25, -0.2) is 0 Å². The zero-order valence-corrected chi connectivity index (χ0v) is 15.0. The summed E-state index contributed by atoms with van der Waals surface area (Å²) in [4.78, 5) is 28.1. The average molecular weight is 345 g/mol. The highest BCUT2D eigenvalue weighted by atomic mass is 16.3. The van der Waals surface area contributed by atoms with Crippen molar-refractivity contribution in [3.63, 3.8) is 0 Å². The van der Waals surface area contributed by atoms with E-state index in [9.17, 15) is 14.7 Å². The molecule has 2 fully saturated rings. The molecule has 2 heterocycles. The van der Waals surface area contributed by atoms with Crippen molar-refractivity contribution in [1.82, 2.24) is 9.80 Å². The zero-order valence-electron chi connectivity index (χ0n) is 15.0. The molecule has 2 amide bonds. The van der Waals surface area contributed by atoms with Gasteiger partial charge in [-0.1, -0.05) is 0 Å². The van der Waals surface area contributed by atoms with E-state index >= 15 is 0 Å². The summed E-state index contributed by atoms with van der Waals surface area (Å²) >= 11 is 0. The Balaban J connectivity index is 1.64. The summed E-state index contributed by atoms with van der Waals surface area (Å²) in [5.41, 5.74) is 1.62. The van der Waals surface area contributed by atoms with Gasteiger partial charge in [0.2, 0.25) is 5.91 Å². The molecule has 6 nitrogen and oxygen atoms in total. The minimum atomic E-state index is -0.464. The highest BCUT2D eigenvalue weighted by Crippen LogP contribution is 2.40. The molecule has 0 saturated carbocycles. The van der Waals surface area contributed by atoms with Gasteiger partial charge in [-0.15, -0.1) is 0 Å². The molecule has 1 spiro atoms. The fourth-order valence-electron chi connectivity index (χ4n) is 4.10. The van der Waals surface area contributed by atoms with E-state index in [1.54, 1.807) is 11.8 Å². The van der Waals surface area contributed by atoms with Gasteiger partial charge < -0.3 is 20.2 Å². The number of nitrogens with one attached hydrogen (secondary N) is 1. The molecular formula is C19H27N3O3. The van der Waals surface area contributed by atoms with E-state index in [1.165, 1.54) is 0 Å². The van der Waals surface area contributed by atoms with Gasteiger partial charge in [0.05, 0.1) is 6.10 Å². The maximum absolute atomic E-state index is 12.7. The number of rotatable bonds is 2. The van der Waals surface area contributed by atoms with Gasteiger partial charge in [-0.2, -0.15) is 0 Å². The summed E-state index contributed by atoms with van der Waals surface area (Å²) in [5.74, 6) is 0.0681. The number of amides is 2. The molecule has 1 atom stereocenters. The van der Waals surface area contributed by atoms with Crippen LogP contribution < -0.4 is 5.32 Å². The molecule has 0 aromatic heterocycles. The monoisotopic (exact) mass is 345 g/mol. The number of benzene rings is 1. The van der Waals surface area contributed by atoms with E-state index < -0.39 is 6.10 Å². The summed E-state index contributed by atoms with van der Waals surface area (Å²) in [6.07, 6.45) is 1.91. The van der Waals surface area contributed by atoms with Crippen LogP contribution in [0.2, 0.25) is 0 Å². The minimum Gasteiger partial charge on any atom is -0.391 e. The van der Waals surface area contributed by atoms with Crippen LogP contribution in [0.1, 0.15) is 36.5 Å². The number of anilines is 1. The maximum atomic E-state index is 12.7. The highest BCUT2D eigenvalue weighted by Gasteiger charge is 2.42. The van der Waals surface area contributed by atoms with Crippen LogP contribution in [0.3, 0.4) is 0 Å². The number of piperidine rings is 2. The Morgan fingerprint density at radius 1 is 1.16 bits per heavy atom. The number of aliphatic hydroxyl groups excluding tert-OH is 1. The van der Waals surface area contributed by atoms with Gasteiger partial charge in [-0.3, -0.25) is 9.59 Å². The van der Waals surface area contributed by atoms with Crippen molar-refractivity contribution in [2.75, 3.05) is 38.5 Å². The number of likely N-dealkylation sites (tertiary alicyclic amines) is 2. The second kappa shape index (κ2) is 7.04. The predicted octanol–water partition coefficient (Wildman–Crippen LogP) is 1.56. The van der Waals surface area contributed by atoms with Crippen molar-refractivity contribution in [2.24, 2.45) is 5.41 Å². The Kier molecular flexibility index (Phi) is 4.99. The Labute approximate surface area is 148 Å². The number of nitrogens with zero attached hydrogens (tertiary/aromatic N) is 2. The molecular weight excluding hydrogens is 318 g/mol. The molecule has 6 heteroatoms. The van der Waals surface area contributed by atoms with Crippen LogP contribution in [0.4, 0.5) is 5.69 Å². The van der Waals surface area contributed by atoms with Crippen LogP contribution in [-0.4, -0.2) is 66.1 Å². The van der Waals surface area contributed by atoms with Crippen molar-refractivity contribution in [1.29, 1.82) is 0 Å². The third-order valence-corrected chi connectivity index (χ3v) is 5.60. The fourth-order valence-corrected chi connectivity index (χ4v) is 4.10. The quantitative estimate of drug-likeness (QED) is 0.853. The molecule has 2 N–H and O–H groups in total. The second-order valence-electron chi connectivity index (χ2n) is 7.38. The normalized spacial score (nSPS) is 22.8. The molecule has 25 heavy (non-hydrogen) atoms. The lowest BCUT2D eigenvalue weighted by Gasteiger charge is -2.49. The van der Waals surface area contributed by atoms with Crippen LogP contribution in [0.5, 0.6) is 0 Å². The topological polar surface area (TPSA) is 72.9 Å². The molecule has 2 aliphatic heterocycles. The smallest absolute Gasteiger partial charge is 0.253 e. The summed E-state index contributed by atoms with van der Waals surface area (Å²) in [6.45, 7) is 4.02. The number of β-amino-alcohol motifs (C(OH)–C–C–N with tert-alkyl or cyclic N) is 1. The lowest BCUT2D eigenvalue weighted by atomic mass is 9.71. The molecule has 136 valence electrons. The molecule has 2 aliphatic rings. The van der Waals surface area contributed by atoms with Crippen LogP contribution in [0.25, 0.3) is 0 Å². The Morgan fingerprint density at radius 3 is 2.36 bits per heavy atom. The molecule has 0 aliphatic carbocycles. The summed E-state index contributed by atoms with van der Waals surface area (Å²) in [7, 11) is 1.85. The van der Waals surface area contributed by atoms with Gasteiger partial charge in [0, 0.05) is 51.4 Å². The van der Waals surface area contributed by atoms with Crippen LogP contribution in [-0.2, 0) is 4.79 Å². The lowest BCUT2D eigenvalue weighted by molar-refractivity contribution is -0.137. The first-order valence-electron chi connectivity index (χ1n) is 8.93. The van der Waals surface area contributed by atoms with Gasteiger partial charge in [-0.05, 0) is 48.9 Å². The number of aliphatic hydroxyl groups is 1. The van der Waals surface area contributed by atoms with E-state index in [0.29, 0.717) is 31.7 Å². The predicted molar refractivity (Wildman–Crippen MR) is 96.4 cm³/mol. The molecule has 1 unspecified atom stereocenters. The summed E-state index contributed by atoms with van der Waals surface area (Å²) < 4.78 is 0. The first kappa shape index (κ1) is 17.7. The van der Waals surface area contributed by atoms with Crippen LogP contribution >= 0.6 is 0 Å². The number of carbonyl (C=O) groups excluding carboxylic acids is 2. The van der Waals surface area contributed by atoms with E-state index in [-0.39, 0.29) is 17.2 Å². The molecule has 2 saturated heterocycles. The fraction of sp³-hybridized carbons (Fsp3) is 0.579. The summed E-state index contributed by atoms with van der Waals surface area (Å²) in [6, 6.07) is 7.50. The number of carbonyl (C=O) groups is 2. The molecule has 1 aromatic rings. The number of hydrogen-bond acceptors (Lipinski definition) is 4. The molecule has 3 rings (SSSR count). The van der Waals surface area contributed by atoms with Gasteiger partial charge in [0.1, 0.15) is 0 Å². The van der Waals surface area contributed by atoms with E-state index in [2.05, 4.69) is 5.32 Å². The van der Waals surface area contributed by atoms with Crippen LogP contribution in [0, 0.1) is 5.41 Å². The largest absolute Gasteiger partial charge is 0.391 e. The Morgan fingerprint density at radius 2 is 1.80 bits per heavy atom. The Bertz CT molecular complexity index is 636. The van der Waals surface area contributed by atoms with E-state index in [1.807, 2.05) is 36.2 Å². The van der Waals surface area contributed by atoms with Crippen molar-refractivity contribution in [3.8, 4) is 0 Å². The van der Waals surface area contributed by atoms with Crippen molar-refractivity contribution < 1.29 is 14.7 Å². The van der Waals surface area contributed by atoms with Crippen molar-refractivity contribution in [2.45, 2.75) is 32.3 Å². The minimum absolute atomic E-state index is 0.0151. The summed E-state index contributed by atoms with van der Waals surface area (Å²) in [5, 5.41) is 13.2. The first-order valence-corrected chi connectivity index (χ1v) is 8.93. The maximum Gasteiger partial charge on any atom is 0.253 e. The van der Waals surface area contributed by atoms with Gasteiger partial charge >= 0.3 is 0 Å². The molecule has 0 radical (unpaired) electrons. The Hall–Kier alpha value is -2.08. The highest BCUT2D eigenvalue weighted by molar-refractivity contribution is 5.94. The third kappa shape index (κ3) is 3.79. The van der Waals surface area contributed by atoms with Crippen LogP contribution in [0.15, 0.2) is 24.3 Å². The van der Waals surface area contributed by atoms with Gasteiger partial charge in [0.15, 0.2) is 0 Å². The third-order valence-electron chi connectivity index (χ3n) is 5.60. The van der Waals surface area contributed by atoms with E-state index in [0.717, 1.165) is 24.9 Å². The lowest BCUT2D eigenvalue weighted by Crippen LogP contribution is -2.55. The van der Waals surface area contributed by atoms with Crippen molar-refractivity contribution in [3.05, 3.63) is 29.8 Å². The second-order valence-corrected chi connectivity index (χ2v) is 7.38. The first-order chi connectivity index (χ1) is 11.9. The SMILES string of the molecule is CNc1ccc(C(=O)N2CCC3(CC2)CC(O)CN(C(C)=O)C3)cc1. The number of hydrogen-bond donors (Lipinski definition) is 2. The standard InChI is InChI=1S/C19H27N3O3/c1-14(23)22-12-17(24)11-19(13-22)7-9-21(10-8-19)18(25)15-3-5-16(20-2)6-4-15/h3-6,17,20,24H,7-13H2,1-2H3. The van der Waals surface area contributed by atoms with E-state index in [4.69, 9.17) is 0 Å². The van der Waals surface area contributed by atoms with Crippen molar-refractivity contribution >= 4 is 17.5 Å².